The molecule has 1 aliphatic heterocycles. The number of carbonyl (C=O) groups excluding carboxylic acids is 1. The van der Waals surface area contributed by atoms with Crippen LogP contribution in [0.3, 0.4) is 0 Å². The van der Waals surface area contributed by atoms with Crippen molar-refractivity contribution < 1.29 is 9.18 Å². The van der Waals surface area contributed by atoms with Crippen LogP contribution in [0, 0.1) is 26.6 Å². The number of hydrogen-bond donors (Lipinski definition) is 1. The Morgan fingerprint density at radius 1 is 1.08 bits per heavy atom. The highest BCUT2D eigenvalue weighted by Gasteiger charge is 2.32. The Morgan fingerprint density at radius 3 is 2.46 bits per heavy atom. The number of nitrogens with one attached hydrogen (secondary N) is 1. The zero-order chi connectivity index (χ0) is 18.4. The van der Waals surface area contributed by atoms with E-state index in [9.17, 15) is 9.18 Å². The predicted octanol–water partition coefficient (Wildman–Crippen LogP) is 5.21. The number of likely N-dealkylation sites (tertiary alicyclic amines) is 1. The number of aromatic amines is 1. The molecule has 0 aliphatic carbocycles. The van der Waals surface area contributed by atoms with Crippen molar-refractivity contribution in [3.8, 4) is 0 Å². The molecule has 0 bridgehead atoms. The van der Waals surface area contributed by atoms with Crippen LogP contribution in [0.4, 0.5) is 4.39 Å². The van der Waals surface area contributed by atoms with Crippen LogP contribution in [-0.2, 0) is 0 Å². The molecule has 1 N–H and O–H groups in total. The summed E-state index contributed by atoms with van der Waals surface area (Å²) in [5, 5.41) is 1.14. The van der Waals surface area contributed by atoms with Crippen molar-refractivity contribution in [1.29, 1.82) is 0 Å². The predicted molar refractivity (Wildman–Crippen MR) is 102 cm³/mol. The second-order valence-corrected chi connectivity index (χ2v) is 7.28. The molecule has 1 aliphatic rings. The van der Waals surface area contributed by atoms with Crippen LogP contribution >= 0.6 is 0 Å². The van der Waals surface area contributed by atoms with Crippen molar-refractivity contribution in [2.24, 2.45) is 0 Å². The van der Waals surface area contributed by atoms with Gasteiger partial charge in [0.15, 0.2) is 0 Å². The smallest absolute Gasteiger partial charge is 0.271 e. The number of halogens is 1. The van der Waals surface area contributed by atoms with Crippen LogP contribution in [0.15, 0.2) is 36.4 Å². The second-order valence-electron chi connectivity index (χ2n) is 7.28. The first-order chi connectivity index (χ1) is 12.5. The summed E-state index contributed by atoms with van der Waals surface area (Å²) in [6, 6.07) is 10.7. The number of fused-ring (bicyclic) bond motifs is 1. The summed E-state index contributed by atoms with van der Waals surface area (Å²) in [4.78, 5) is 18.6. The van der Waals surface area contributed by atoms with Crippen molar-refractivity contribution in [1.82, 2.24) is 9.88 Å². The molecule has 1 saturated heterocycles. The standard InChI is InChI=1S/C22H23FN2O/c1-13-6-7-14(2)20-19(13)15(3)21(24-20)22(26)25-12-4-5-18(25)16-8-10-17(23)11-9-16/h6-11,18,24H,4-5,12H2,1-3H3/t18-/m0/s1. The molecule has 26 heavy (non-hydrogen) atoms. The lowest BCUT2D eigenvalue weighted by molar-refractivity contribution is 0.0730. The van der Waals surface area contributed by atoms with E-state index in [0.29, 0.717) is 5.69 Å². The van der Waals surface area contributed by atoms with Crippen molar-refractivity contribution in [3.05, 3.63) is 70.2 Å². The summed E-state index contributed by atoms with van der Waals surface area (Å²) >= 11 is 0. The molecular formula is C22H23FN2O. The topological polar surface area (TPSA) is 36.1 Å². The number of H-pyrrole nitrogens is 1. The Bertz CT molecular complexity index is 988. The van der Waals surface area contributed by atoms with Gasteiger partial charge in [-0.2, -0.15) is 0 Å². The van der Waals surface area contributed by atoms with E-state index in [1.807, 2.05) is 11.8 Å². The summed E-state index contributed by atoms with van der Waals surface area (Å²) in [6.07, 6.45) is 1.87. The number of carbonyl (C=O) groups is 1. The molecule has 1 atom stereocenters. The fraction of sp³-hybridized carbons (Fsp3) is 0.318. The molecule has 0 spiro atoms. The van der Waals surface area contributed by atoms with Crippen molar-refractivity contribution in [2.45, 2.75) is 39.7 Å². The monoisotopic (exact) mass is 350 g/mol. The highest BCUT2D eigenvalue weighted by Crippen LogP contribution is 2.35. The SMILES string of the molecule is Cc1ccc(C)c2c(C)c(C(=O)N3CCC[C@H]3c3ccc(F)cc3)[nH]c12. The molecule has 4 heteroatoms. The quantitative estimate of drug-likeness (QED) is 0.677. The van der Waals surface area contributed by atoms with Gasteiger partial charge in [-0.3, -0.25) is 4.79 Å². The molecule has 0 saturated carbocycles. The lowest BCUT2D eigenvalue weighted by atomic mass is 10.0. The highest BCUT2D eigenvalue weighted by atomic mass is 19.1. The molecule has 1 aromatic heterocycles. The Hall–Kier alpha value is -2.62. The van der Waals surface area contributed by atoms with E-state index in [2.05, 4.69) is 31.0 Å². The third-order valence-corrected chi connectivity index (χ3v) is 5.60. The number of hydrogen-bond acceptors (Lipinski definition) is 1. The maximum atomic E-state index is 13.3. The van der Waals surface area contributed by atoms with Crippen LogP contribution in [0.25, 0.3) is 10.9 Å². The van der Waals surface area contributed by atoms with E-state index >= 15 is 0 Å². The third kappa shape index (κ3) is 2.61. The Morgan fingerprint density at radius 2 is 1.77 bits per heavy atom. The average Bonchev–Trinajstić information content (AvgIpc) is 3.24. The molecule has 0 unspecified atom stereocenters. The van der Waals surface area contributed by atoms with Gasteiger partial charge in [0, 0.05) is 17.4 Å². The zero-order valence-electron chi connectivity index (χ0n) is 15.4. The molecule has 4 rings (SSSR count). The first kappa shape index (κ1) is 16.8. The minimum absolute atomic E-state index is 0.0103. The number of aromatic nitrogens is 1. The summed E-state index contributed by atoms with van der Waals surface area (Å²) < 4.78 is 13.3. The molecule has 3 nitrogen and oxygen atoms in total. The summed E-state index contributed by atoms with van der Waals surface area (Å²) in [5.41, 5.74) is 6.04. The van der Waals surface area contributed by atoms with E-state index < -0.39 is 0 Å². The van der Waals surface area contributed by atoms with Crippen LogP contribution in [0.2, 0.25) is 0 Å². The van der Waals surface area contributed by atoms with Gasteiger partial charge in [-0.1, -0.05) is 24.3 Å². The first-order valence-corrected chi connectivity index (χ1v) is 9.12. The van der Waals surface area contributed by atoms with Crippen LogP contribution in [-0.4, -0.2) is 22.3 Å². The molecule has 0 radical (unpaired) electrons. The molecule has 2 heterocycles. The van der Waals surface area contributed by atoms with Gasteiger partial charge in [0.2, 0.25) is 0 Å². The third-order valence-electron chi connectivity index (χ3n) is 5.60. The molecular weight excluding hydrogens is 327 g/mol. The molecule has 3 aromatic rings. The van der Waals surface area contributed by atoms with Gasteiger partial charge < -0.3 is 9.88 Å². The molecule has 2 aromatic carbocycles. The molecule has 1 fully saturated rings. The second kappa shape index (κ2) is 6.27. The van der Waals surface area contributed by atoms with Crippen LogP contribution in [0.1, 0.15) is 51.6 Å². The Balaban J connectivity index is 1.74. The number of amides is 1. The lowest BCUT2D eigenvalue weighted by Gasteiger charge is -2.25. The number of nitrogens with zero attached hydrogens (tertiary/aromatic N) is 1. The normalized spacial score (nSPS) is 17.2. The fourth-order valence-corrected chi connectivity index (χ4v) is 4.20. The zero-order valence-corrected chi connectivity index (χ0v) is 15.4. The van der Waals surface area contributed by atoms with Gasteiger partial charge in [0.1, 0.15) is 11.5 Å². The highest BCUT2D eigenvalue weighted by molar-refractivity contribution is 6.02. The van der Waals surface area contributed by atoms with E-state index in [1.54, 1.807) is 12.1 Å². The van der Waals surface area contributed by atoms with Crippen molar-refractivity contribution in [2.75, 3.05) is 6.54 Å². The maximum Gasteiger partial charge on any atom is 0.271 e. The number of aryl methyl sites for hydroxylation is 3. The van der Waals surface area contributed by atoms with Gasteiger partial charge >= 0.3 is 0 Å². The van der Waals surface area contributed by atoms with Gasteiger partial charge in [0.05, 0.1) is 6.04 Å². The van der Waals surface area contributed by atoms with E-state index in [-0.39, 0.29) is 17.8 Å². The maximum absolute atomic E-state index is 13.3. The van der Waals surface area contributed by atoms with Gasteiger partial charge in [0.25, 0.3) is 5.91 Å². The van der Waals surface area contributed by atoms with E-state index in [1.165, 1.54) is 17.7 Å². The van der Waals surface area contributed by atoms with E-state index in [0.717, 1.165) is 47.0 Å². The summed E-state index contributed by atoms with van der Waals surface area (Å²) in [6.45, 7) is 6.88. The molecule has 134 valence electrons. The first-order valence-electron chi connectivity index (χ1n) is 9.12. The number of benzene rings is 2. The van der Waals surface area contributed by atoms with Gasteiger partial charge in [-0.25, -0.2) is 4.39 Å². The Labute approximate surface area is 152 Å². The Kier molecular flexibility index (Phi) is 4.06. The minimum Gasteiger partial charge on any atom is -0.350 e. The summed E-state index contributed by atoms with van der Waals surface area (Å²) in [5.74, 6) is -0.216. The van der Waals surface area contributed by atoms with Gasteiger partial charge in [-0.15, -0.1) is 0 Å². The molecule has 1 amide bonds. The fourth-order valence-electron chi connectivity index (χ4n) is 4.20. The lowest BCUT2D eigenvalue weighted by Crippen LogP contribution is -2.31. The summed E-state index contributed by atoms with van der Waals surface area (Å²) in [7, 11) is 0. The van der Waals surface area contributed by atoms with E-state index in [4.69, 9.17) is 0 Å². The largest absolute Gasteiger partial charge is 0.350 e. The number of rotatable bonds is 2. The van der Waals surface area contributed by atoms with Gasteiger partial charge in [-0.05, 0) is 68.0 Å². The average molecular weight is 350 g/mol. The van der Waals surface area contributed by atoms with Crippen molar-refractivity contribution >= 4 is 16.8 Å². The minimum atomic E-state index is -0.248. The van der Waals surface area contributed by atoms with Crippen LogP contribution < -0.4 is 0 Å². The van der Waals surface area contributed by atoms with Crippen molar-refractivity contribution in [3.63, 3.8) is 0 Å². The van der Waals surface area contributed by atoms with Crippen LogP contribution in [0.5, 0.6) is 0 Å².